The third-order valence-electron chi connectivity index (χ3n) is 5.90. The van der Waals surface area contributed by atoms with Gasteiger partial charge in [-0.2, -0.15) is 5.26 Å². The molecule has 0 radical (unpaired) electrons. The van der Waals surface area contributed by atoms with Gasteiger partial charge >= 0.3 is 5.97 Å². The Labute approximate surface area is 192 Å². The van der Waals surface area contributed by atoms with Crippen molar-refractivity contribution in [1.29, 1.82) is 5.26 Å². The van der Waals surface area contributed by atoms with E-state index in [4.69, 9.17) is 16.3 Å². The minimum atomic E-state index is -0.637. The zero-order chi connectivity index (χ0) is 23.3. The van der Waals surface area contributed by atoms with E-state index in [1.807, 2.05) is 18.4 Å². The number of hydrogen-bond donors (Lipinski definition) is 1. The van der Waals surface area contributed by atoms with Crippen molar-refractivity contribution in [3.8, 4) is 6.07 Å². The predicted octanol–water partition coefficient (Wildman–Crippen LogP) is 4.89. The van der Waals surface area contributed by atoms with E-state index < -0.39 is 18.5 Å². The van der Waals surface area contributed by atoms with Crippen molar-refractivity contribution in [2.24, 2.45) is 0 Å². The van der Waals surface area contributed by atoms with Gasteiger partial charge in [-0.25, -0.2) is 0 Å². The summed E-state index contributed by atoms with van der Waals surface area (Å²) in [5.41, 5.74) is 2.69. The van der Waals surface area contributed by atoms with Crippen molar-refractivity contribution >= 4 is 35.1 Å². The average molecular weight is 456 g/mol. The zero-order valence-electron chi connectivity index (χ0n) is 18.2. The van der Waals surface area contributed by atoms with Crippen LogP contribution < -0.4 is 5.32 Å². The van der Waals surface area contributed by atoms with Crippen molar-refractivity contribution in [3.05, 3.63) is 51.7 Å². The van der Waals surface area contributed by atoms with Gasteiger partial charge in [-0.3, -0.25) is 14.4 Å². The Hall–Kier alpha value is -3.11. The molecule has 1 aliphatic carbocycles. The van der Waals surface area contributed by atoms with Crippen LogP contribution in [-0.2, 0) is 14.3 Å². The van der Waals surface area contributed by atoms with E-state index in [2.05, 4.69) is 11.4 Å². The lowest BCUT2D eigenvalue weighted by atomic mass is 10.1. The number of rotatable bonds is 8. The highest BCUT2D eigenvalue weighted by Gasteiger charge is 2.26. The first-order valence-electron chi connectivity index (χ1n) is 10.7. The predicted molar refractivity (Wildman–Crippen MR) is 121 cm³/mol. The van der Waals surface area contributed by atoms with Crippen LogP contribution in [0.2, 0.25) is 5.02 Å². The highest BCUT2D eigenvalue weighted by molar-refractivity contribution is 6.30. The lowest BCUT2D eigenvalue weighted by molar-refractivity contribution is -0.147. The molecule has 1 saturated carbocycles. The second kappa shape index (κ2) is 10.5. The maximum atomic E-state index is 12.5. The van der Waals surface area contributed by atoms with E-state index in [9.17, 15) is 19.6 Å². The molecule has 7 nitrogen and oxygen atoms in total. The number of aromatic nitrogens is 1. The second-order valence-corrected chi connectivity index (χ2v) is 8.43. The van der Waals surface area contributed by atoms with E-state index in [1.54, 1.807) is 24.3 Å². The highest BCUT2D eigenvalue weighted by atomic mass is 35.5. The molecule has 0 saturated heterocycles. The van der Waals surface area contributed by atoms with Crippen LogP contribution in [0.5, 0.6) is 0 Å². The summed E-state index contributed by atoms with van der Waals surface area (Å²) >= 11 is 5.81. The van der Waals surface area contributed by atoms with E-state index in [0.717, 1.165) is 36.9 Å². The highest BCUT2D eigenvalue weighted by Crippen LogP contribution is 2.37. The number of nitrogens with zero attached hydrogens (tertiary/aromatic N) is 2. The number of carbonyl (C=O) groups excluding carboxylic acids is 3. The van der Waals surface area contributed by atoms with E-state index in [1.165, 1.54) is 0 Å². The summed E-state index contributed by atoms with van der Waals surface area (Å²) in [4.78, 5) is 36.6. The van der Waals surface area contributed by atoms with Crippen molar-refractivity contribution < 1.29 is 19.1 Å². The van der Waals surface area contributed by atoms with Gasteiger partial charge in [-0.15, -0.1) is 0 Å². The molecule has 2 aromatic rings. The maximum absolute atomic E-state index is 12.5. The van der Waals surface area contributed by atoms with Gasteiger partial charge < -0.3 is 14.6 Å². The molecule has 0 aliphatic heterocycles. The van der Waals surface area contributed by atoms with Gasteiger partial charge in [-0.05, 0) is 56.5 Å². The molecule has 0 spiro atoms. The van der Waals surface area contributed by atoms with Crippen LogP contribution in [0.1, 0.15) is 71.7 Å². The quantitative estimate of drug-likeness (QED) is 0.451. The van der Waals surface area contributed by atoms with Gasteiger partial charge in [0.1, 0.15) is 11.9 Å². The summed E-state index contributed by atoms with van der Waals surface area (Å²) in [5.74, 6) is -0.896. The fourth-order valence-corrected chi connectivity index (χ4v) is 4.21. The van der Waals surface area contributed by atoms with Gasteiger partial charge in [0.15, 0.2) is 12.4 Å². The number of benzene rings is 1. The van der Waals surface area contributed by atoms with E-state index in [0.29, 0.717) is 22.0 Å². The van der Waals surface area contributed by atoms with E-state index in [-0.39, 0.29) is 24.7 Å². The number of ketones is 1. The molecule has 3 rings (SSSR count). The summed E-state index contributed by atoms with van der Waals surface area (Å²) in [5, 5.41) is 12.9. The molecule has 1 aromatic carbocycles. The Morgan fingerprint density at radius 3 is 2.44 bits per heavy atom. The molecule has 0 unspecified atom stereocenters. The molecule has 32 heavy (non-hydrogen) atoms. The first kappa shape index (κ1) is 23.6. The normalized spacial score (nSPS) is 13.6. The lowest BCUT2D eigenvalue weighted by Gasteiger charge is -2.19. The van der Waals surface area contributed by atoms with Crippen molar-refractivity contribution in [2.45, 2.75) is 58.4 Å². The lowest BCUT2D eigenvalue weighted by Crippen LogP contribution is -2.24. The molecule has 0 bridgehead atoms. The largest absolute Gasteiger partial charge is 0.456 e. The van der Waals surface area contributed by atoms with Crippen LogP contribution in [-0.4, -0.2) is 28.8 Å². The molecule has 0 atom stereocenters. The number of ether oxygens (including phenoxy) is 1. The van der Waals surface area contributed by atoms with Gasteiger partial charge in [-0.1, -0.05) is 24.4 Å². The number of nitriles is 1. The smallest absolute Gasteiger partial charge is 0.306 e. The Morgan fingerprint density at radius 2 is 1.81 bits per heavy atom. The summed E-state index contributed by atoms with van der Waals surface area (Å²) in [6.07, 6.45) is 4.07. The summed E-state index contributed by atoms with van der Waals surface area (Å²) in [6, 6.07) is 8.84. The van der Waals surface area contributed by atoms with E-state index >= 15 is 0 Å². The molecule has 1 heterocycles. The molecule has 1 aromatic heterocycles. The van der Waals surface area contributed by atoms with Crippen molar-refractivity contribution in [1.82, 2.24) is 4.57 Å². The van der Waals surface area contributed by atoms with Crippen LogP contribution in [0, 0.1) is 25.2 Å². The summed E-state index contributed by atoms with van der Waals surface area (Å²) in [6.45, 7) is 3.33. The third kappa shape index (κ3) is 5.38. The average Bonchev–Trinajstić information content (AvgIpc) is 3.38. The van der Waals surface area contributed by atoms with Crippen molar-refractivity contribution in [3.63, 3.8) is 0 Å². The first-order chi connectivity index (χ1) is 15.3. The minimum absolute atomic E-state index is 0.0242. The Balaban J connectivity index is 1.56. The number of carbonyl (C=O) groups is 3. The van der Waals surface area contributed by atoms with Crippen LogP contribution in [0.15, 0.2) is 24.3 Å². The Kier molecular flexibility index (Phi) is 7.70. The number of anilines is 1. The van der Waals surface area contributed by atoms with Gasteiger partial charge in [0.05, 0.1) is 12.0 Å². The SMILES string of the molecule is Cc1c(C#N)c(NC(=O)COC(=O)CCC(=O)c2ccc(Cl)cc2)n(C2CCCC2)c1C. The number of esters is 1. The number of Topliss-reactive ketones (excluding diaryl/α,β-unsaturated/α-hetero) is 1. The molecule has 1 fully saturated rings. The zero-order valence-corrected chi connectivity index (χ0v) is 19.0. The van der Waals surface area contributed by atoms with Gasteiger partial charge in [0.2, 0.25) is 0 Å². The Morgan fingerprint density at radius 1 is 1.16 bits per heavy atom. The molecule has 168 valence electrons. The van der Waals surface area contributed by atoms with Crippen LogP contribution in [0.25, 0.3) is 0 Å². The topological polar surface area (TPSA) is 101 Å². The molecule has 1 N–H and O–H groups in total. The molecule has 1 amide bonds. The second-order valence-electron chi connectivity index (χ2n) is 7.99. The Bertz CT molecular complexity index is 1060. The maximum Gasteiger partial charge on any atom is 0.306 e. The summed E-state index contributed by atoms with van der Waals surface area (Å²) < 4.78 is 7.07. The monoisotopic (exact) mass is 455 g/mol. The summed E-state index contributed by atoms with van der Waals surface area (Å²) in [7, 11) is 0. The number of halogens is 1. The minimum Gasteiger partial charge on any atom is -0.456 e. The number of amides is 1. The molecular formula is C24H26ClN3O4. The number of nitrogens with one attached hydrogen (secondary N) is 1. The van der Waals surface area contributed by atoms with Gasteiger partial charge in [0, 0.05) is 28.7 Å². The first-order valence-corrected chi connectivity index (χ1v) is 11.0. The molecular weight excluding hydrogens is 430 g/mol. The van der Waals surface area contributed by atoms with Crippen molar-refractivity contribution in [2.75, 3.05) is 11.9 Å². The molecule has 1 aliphatic rings. The fraction of sp³-hybridized carbons (Fsp3) is 0.417. The number of hydrogen-bond acceptors (Lipinski definition) is 5. The van der Waals surface area contributed by atoms with Gasteiger partial charge in [0.25, 0.3) is 5.91 Å². The molecule has 8 heteroatoms. The van der Waals surface area contributed by atoms with Crippen LogP contribution in [0.4, 0.5) is 5.82 Å². The standard InChI is InChI=1S/C24H26ClN3O4/c1-15-16(2)28(19-5-3-4-6-19)24(20(15)13-26)27-22(30)14-32-23(31)12-11-21(29)17-7-9-18(25)10-8-17/h7-10,19H,3-6,11-12,14H2,1-2H3,(H,27,30). The van der Waals surface area contributed by atoms with Crippen LogP contribution in [0.3, 0.4) is 0 Å². The third-order valence-corrected chi connectivity index (χ3v) is 6.15. The van der Waals surface area contributed by atoms with Crippen LogP contribution >= 0.6 is 11.6 Å². The fourth-order valence-electron chi connectivity index (χ4n) is 4.09.